The van der Waals surface area contributed by atoms with Crippen molar-refractivity contribution in [2.45, 2.75) is 277 Å². The molecule has 0 amide bonds. The molecule has 1 atom stereocenters. The van der Waals surface area contributed by atoms with Crippen LogP contribution < -0.4 is 0 Å². The monoisotopic (exact) mass is 921 g/mol. The fraction of sp³-hybridized carbons (Fsp3) is 0.750. The Hall–Kier alpha value is -3.15. The molecule has 0 bridgehead atoms. The fourth-order valence-corrected chi connectivity index (χ4v) is 7.70. The second-order valence-electron chi connectivity index (χ2n) is 18.5. The van der Waals surface area contributed by atoms with E-state index >= 15 is 0 Å². The summed E-state index contributed by atoms with van der Waals surface area (Å²) in [4.78, 5) is 38.1. The van der Waals surface area contributed by atoms with Gasteiger partial charge in [-0.3, -0.25) is 14.4 Å². The molecule has 0 aliphatic rings. The maximum absolute atomic E-state index is 12.8. The molecule has 6 heteroatoms. The van der Waals surface area contributed by atoms with Crippen LogP contribution in [0.5, 0.6) is 0 Å². The number of ether oxygens (including phenoxy) is 3. The van der Waals surface area contributed by atoms with Crippen molar-refractivity contribution >= 4 is 17.9 Å². The summed E-state index contributed by atoms with van der Waals surface area (Å²) in [5, 5.41) is 0. The lowest BCUT2D eigenvalue weighted by Crippen LogP contribution is -2.30. The summed E-state index contributed by atoms with van der Waals surface area (Å²) in [5.74, 6) is -0.960. The summed E-state index contributed by atoms with van der Waals surface area (Å²) in [7, 11) is 0. The van der Waals surface area contributed by atoms with Crippen molar-refractivity contribution < 1.29 is 28.6 Å². The molecule has 0 radical (unpaired) electrons. The van der Waals surface area contributed by atoms with E-state index in [1.165, 1.54) is 135 Å². The maximum atomic E-state index is 12.8. The van der Waals surface area contributed by atoms with Gasteiger partial charge in [0.05, 0.1) is 0 Å². The molecule has 0 spiro atoms. The number of hydrogen-bond acceptors (Lipinski definition) is 6. The minimum atomic E-state index is -0.801. The average Bonchev–Trinajstić information content (AvgIpc) is 3.31. The Balaban J connectivity index is 4.47. The quantitative estimate of drug-likeness (QED) is 0.0262. The van der Waals surface area contributed by atoms with Gasteiger partial charge in [-0.15, -0.1) is 0 Å². The average molecular weight is 921 g/mol. The lowest BCUT2D eigenvalue weighted by molar-refractivity contribution is -0.167. The van der Waals surface area contributed by atoms with Crippen LogP contribution in [0.25, 0.3) is 0 Å². The summed E-state index contributed by atoms with van der Waals surface area (Å²) in [6, 6.07) is 0. The number of carbonyl (C=O) groups excluding carboxylic acids is 3. The molecule has 0 unspecified atom stereocenters. The van der Waals surface area contributed by atoms with Crippen LogP contribution >= 0.6 is 0 Å². The smallest absolute Gasteiger partial charge is 0.306 e. The predicted octanol–water partition coefficient (Wildman–Crippen LogP) is 18.6. The Morgan fingerprint density at radius 2 is 0.561 bits per heavy atom. The highest BCUT2D eigenvalue weighted by molar-refractivity contribution is 5.71. The van der Waals surface area contributed by atoms with E-state index in [9.17, 15) is 14.4 Å². The molecule has 0 N–H and O–H groups in total. The zero-order valence-corrected chi connectivity index (χ0v) is 43.4. The van der Waals surface area contributed by atoms with E-state index in [0.717, 1.165) is 89.9 Å². The molecule has 6 nitrogen and oxygen atoms in total. The summed E-state index contributed by atoms with van der Waals surface area (Å²) in [5.41, 5.74) is 0. The number of hydrogen-bond donors (Lipinski definition) is 0. The Morgan fingerprint density at radius 3 is 0.939 bits per heavy atom. The molecule has 0 fully saturated rings. The Morgan fingerprint density at radius 1 is 0.303 bits per heavy atom. The van der Waals surface area contributed by atoms with Crippen LogP contribution in [0.15, 0.2) is 72.9 Å². The highest BCUT2D eigenvalue weighted by Gasteiger charge is 2.19. The van der Waals surface area contributed by atoms with Crippen LogP contribution in [-0.4, -0.2) is 37.2 Å². The number of carbonyl (C=O) groups is 3. The minimum absolute atomic E-state index is 0.0979. The van der Waals surface area contributed by atoms with Crippen LogP contribution in [0.1, 0.15) is 271 Å². The van der Waals surface area contributed by atoms with Crippen molar-refractivity contribution in [3.63, 3.8) is 0 Å². The summed E-state index contributed by atoms with van der Waals surface area (Å²) < 4.78 is 16.8. The van der Waals surface area contributed by atoms with Gasteiger partial charge in [0.15, 0.2) is 6.10 Å². The van der Waals surface area contributed by atoms with Crippen LogP contribution in [0.3, 0.4) is 0 Å². The standard InChI is InChI=1S/C60H104O6/c1-4-7-10-13-16-19-22-25-28-30-33-35-38-41-44-47-50-53-59(62)65-56-57(55-64-58(61)52-49-46-43-40-37-34-31-27-24-21-18-15-12-9-6-3)66-60(63)54-51-48-45-42-39-36-32-29-26-23-20-17-14-11-8-5-2/h16,18-19,21,25,27-28,31,33,35,41,44,57H,4-15,17,20,22-24,26,29-30,32,34,36-40,42-43,45-56H2,1-3H3/b19-16+,21-18+,28-25+,31-27+,35-33+,44-41+/t57-/m1/s1. The van der Waals surface area contributed by atoms with Crippen molar-refractivity contribution in [1.29, 1.82) is 0 Å². The van der Waals surface area contributed by atoms with E-state index in [1.807, 2.05) is 0 Å². The highest BCUT2D eigenvalue weighted by atomic mass is 16.6. The van der Waals surface area contributed by atoms with Gasteiger partial charge >= 0.3 is 17.9 Å². The second kappa shape index (κ2) is 54.5. The van der Waals surface area contributed by atoms with Gasteiger partial charge in [0.2, 0.25) is 0 Å². The summed E-state index contributed by atoms with van der Waals surface area (Å²) >= 11 is 0. The third kappa shape index (κ3) is 51.8. The number of esters is 3. The highest BCUT2D eigenvalue weighted by Crippen LogP contribution is 2.15. The molecule has 0 saturated carbocycles. The van der Waals surface area contributed by atoms with Gasteiger partial charge in [-0.05, 0) is 89.9 Å². The molecule has 380 valence electrons. The van der Waals surface area contributed by atoms with Gasteiger partial charge in [0.1, 0.15) is 13.2 Å². The zero-order valence-electron chi connectivity index (χ0n) is 43.4. The number of unbranched alkanes of at least 4 members (excludes halogenated alkanes) is 27. The largest absolute Gasteiger partial charge is 0.462 e. The molecule has 0 aromatic rings. The Bertz CT molecular complexity index is 1240. The SMILES string of the molecule is CCCCC/C=C/C/C=C/C/C=C/C/C=C/CCCC(=O)OC[C@@H](COC(=O)CCCCCCC/C=C/C/C=C/CCCCC)OC(=O)CCCCCCCCCCCCCCCCCC. The first-order valence-corrected chi connectivity index (χ1v) is 27.9. The summed E-state index contributed by atoms with van der Waals surface area (Å²) in [6.07, 6.45) is 68.9. The van der Waals surface area contributed by atoms with E-state index in [-0.39, 0.29) is 37.5 Å². The first kappa shape index (κ1) is 62.8. The van der Waals surface area contributed by atoms with Crippen molar-refractivity contribution in [3.05, 3.63) is 72.9 Å². The molecular weight excluding hydrogens is 817 g/mol. The Kier molecular flexibility index (Phi) is 51.9. The second-order valence-corrected chi connectivity index (χ2v) is 18.5. The molecule has 0 aliphatic heterocycles. The molecule has 0 rings (SSSR count). The number of rotatable bonds is 50. The lowest BCUT2D eigenvalue weighted by atomic mass is 10.0. The van der Waals surface area contributed by atoms with Gasteiger partial charge in [0.25, 0.3) is 0 Å². The maximum Gasteiger partial charge on any atom is 0.306 e. The molecule has 0 aromatic heterocycles. The lowest BCUT2D eigenvalue weighted by Gasteiger charge is -2.18. The van der Waals surface area contributed by atoms with Crippen molar-refractivity contribution in [2.75, 3.05) is 13.2 Å². The normalized spacial score (nSPS) is 12.6. The van der Waals surface area contributed by atoms with E-state index in [1.54, 1.807) is 0 Å². The van der Waals surface area contributed by atoms with Crippen molar-refractivity contribution in [1.82, 2.24) is 0 Å². The van der Waals surface area contributed by atoms with Gasteiger partial charge < -0.3 is 14.2 Å². The topological polar surface area (TPSA) is 78.9 Å². The number of allylic oxidation sites excluding steroid dienone is 12. The molecule has 0 aromatic carbocycles. The first-order valence-electron chi connectivity index (χ1n) is 27.9. The molecule has 0 saturated heterocycles. The van der Waals surface area contributed by atoms with E-state index < -0.39 is 6.10 Å². The van der Waals surface area contributed by atoms with E-state index in [2.05, 4.69) is 93.7 Å². The fourth-order valence-electron chi connectivity index (χ4n) is 7.70. The van der Waals surface area contributed by atoms with Crippen LogP contribution in [-0.2, 0) is 28.6 Å². The van der Waals surface area contributed by atoms with E-state index in [4.69, 9.17) is 14.2 Å². The van der Waals surface area contributed by atoms with Gasteiger partial charge in [0, 0.05) is 19.3 Å². The third-order valence-corrected chi connectivity index (χ3v) is 11.9. The Labute approximate surface area is 408 Å². The first-order chi connectivity index (χ1) is 32.5. The van der Waals surface area contributed by atoms with Crippen molar-refractivity contribution in [2.24, 2.45) is 0 Å². The molecular formula is C60H104O6. The van der Waals surface area contributed by atoms with Gasteiger partial charge in [-0.1, -0.05) is 235 Å². The molecule has 0 aliphatic carbocycles. The third-order valence-electron chi connectivity index (χ3n) is 11.9. The van der Waals surface area contributed by atoms with Crippen molar-refractivity contribution in [3.8, 4) is 0 Å². The van der Waals surface area contributed by atoms with E-state index in [0.29, 0.717) is 19.3 Å². The van der Waals surface area contributed by atoms with Crippen LogP contribution in [0, 0.1) is 0 Å². The van der Waals surface area contributed by atoms with Gasteiger partial charge in [-0.2, -0.15) is 0 Å². The summed E-state index contributed by atoms with van der Waals surface area (Å²) in [6.45, 7) is 6.54. The molecule has 0 heterocycles. The minimum Gasteiger partial charge on any atom is -0.462 e. The van der Waals surface area contributed by atoms with Gasteiger partial charge in [-0.25, -0.2) is 0 Å². The predicted molar refractivity (Wildman–Crippen MR) is 284 cm³/mol. The van der Waals surface area contributed by atoms with Crippen LogP contribution in [0.2, 0.25) is 0 Å². The molecule has 66 heavy (non-hydrogen) atoms. The van der Waals surface area contributed by atoms with Crippen LogP contribution in [0.4, 0.5) is 0 Å². The zero-order chi connectivity index (χ0) is 47.9.